The van der Waals surface area contributed by atoms with Crippen molar-refractivity contribution in [1.82, 2.24) is 0 Å². The third kappa shape index (κ3) is 2.66. The number of rotatable bonds is 2. The Labute approximate surface area is 103 Å². The summed E-state index contributed by atoms with van der Waals surface area (Å²) in [6, 6.07) is 7.77. The lowest BCUT2D eigenvalue weighted by Gasteiger charge is -1.86. The molecule has 0 atom stereocenters. The molecule has 0 saturated carbocycles. The molecule has 0 aliphatic heterocycles. The van der Waals surface area contributed by atoms with E-state index in [4.69, 9.17) is 0 Å². The molecule has 2 rings (SSSR count). The van der Waals surface area contributed by atoms with E-state index in [1.807, 2.05) is 12.1 Å². The van der Waals surface area contributed by atoms with Crippen molar-refractivity contribution in [2.45, 2.75) is 19.8 Å². The van der Waals surface area contributed by atoms with Gasteiger partial charge < -0.3 is 5.11 Å². The van der Waals surface area contributed by atoms with Gasteiger partial charge in [-0.1, -0.05) is 30.1 Å². The van der Waals surface area contributed by atoms with Gasteiger partial charge in [0.05, 0.1) is 4.88 Å². The first-order valence-electron chi connectivity index (χ1n) is 5.17. The normalized spacial score (nSPS) is 9.81. The van der Waals surface area contributed by atoms with Crippen molar-refractivity contribution < 1.29 is 5.11 Å². The summed E-state index contributed by atoms with van der Waals surface area (Å²) in [6.45, 7) is 2.13. The molecule has 0 aliphatic rings. The smallest absolute Gasteiger partial charge is 0.171 e. The summed E-state index contributed by atoms with van der Waals surface area (Å²) in [6.07, 6.45) is 2.05. The van der Waals surface area contributed by atoms with Crippen LogP contribution in [-0.4, -0.2) is 5.11 Å². The fourth-order valence-corrected chi connectivity index (χ4v) is 2.99. The zero-order valence-corrected chi connectivity index (χ0v) is 10.6. The molecule has 0 bridgehead atoms. The summed E-state index contributed by atoms with van der Waals surface area (Å²) in [7, 11) is 0. The van der Waals surface area contributed by atoms with Gasteiger partial charge in [0, 0.05) is 16.2 Å². The zero-order valence-electron chi connectivity index (χ0n) is 8.99. The second kappa shape index (κ2) is 5.20. The molecule has 0 spiro atoms. The molecular weight excluding hydrogens is 236 g/mol. The molecule has 16 heavy (non-hydrogen) atoms. The van der Waals surface area contributed by atoms with Gasteiger partial charge in [-0.25, -0.2) is 0 Å². The van der Waals surface area contributed by atoms with Gasteiger partial charge in [0.1, 0.15) is 0 Å². The van der Waals surface area contributed by atoms with Crippen LogP contribution in [0.15, 0.2) is 24.3 Å². The maximum Gasteiger partial charge on any atom is 0.171 e. The van der Waals surface area contributed by atoms with Gasteiger partial charge >= 0.3 is 0 Å². The van der Waals surface area contributed by atoms with E-state index in [2.05, 4.69) is 24.8 Å². The van der Waals surface area contributed by atoms with E-state index in [-0.39, 0.29) is 0 Å². The number of hydrogen-bond donors (Lipinski definition) is 1. The average Bonchev–Trinajstić information content (AvgIpc) is 2.87. The molecule has 0 fully saturated rings. The first-order valence-corrected chi connectivity index (χ1v) is 6.81. The van der Waals surface area contributed by atoms with Crippen LogP contribution in [0.3, 0.4) is 0 Å². The highest BCUT2D eigenvalue weighted by atomic mass is 32.1. The summed E-state index contributed by atoms with van der Waals surface area (Å²) in [5.74, 6) is 6.29. The predicted molar refractivity (Wildman–Crippen MR) is 71.1 cm³/mol. The maximum atomic E-state index is 9.29. The summed E-state index contributed by atoms with van der Waals surface area (Å²) in [5.41, 5.74) is 0. The lowest BCUT2D eigenvalue weighted by molar-refractivity contribution is 0.491. The largest absolute Gasteiger partial charge is 0.499 e. The van der Waals surface area contributed by atoms with E-state index in [9.17, 15) is 5.11 Å². The van der Waals surface area contributed by atoms with Crippen LogP contribution in [0.4, 0.5) is 0 Å². The molecule has 0 radical (unpaired) electrons. The fourth-order valence-electron chi connectivity index (χ4n) is 1.27. The first kappa shape index (κ1) is 11.3. The molecule has 0 amide bonds. The van der Waals surface area contributed by atoms with Gasteiger partial charge in [0.2, 0.25) is 0 Å². The Morgan fingerprint density at radius 2 is 1.88 bits per heavy atom. The number of hydrogen-bond acceptors (Lipinski definition) is 3. The molecular formula is C13H12OS2. The van der Waals surface area contributed by atoms with Crippen LogP contribution < -0.4 is 0 Å². The average molecular weight is 248 g/mol. The van der Waals surface area contributed by atoms with Crippen LogP contribution in [0.25, 0.3) is 9.75 Å². The molecule has 0 unspecified atom stereocenters. The second-order valence-corrected chi connectivity index (χ2v) is 5.50. The van der Waals surface area contributed by atoms with Gasteiger partial charge in [-0.3, -0.25) is 0 Å². The molecule has 2 aromatic rings. The third-order valence-electron chi connectivity index (χ3n) is 2.03. The Morgan fingerprint density at radius 3 is 2.56 bits per heavy atom. The van der Waals surface area contributed by atoms with E-state index in [1.54, 1.807) is 17.4 Å². The Kier molecular flexibility index (Phi) is 3.66. The minimum absolute atomic E-state index is 0.363. The Hall–Kier alpha value is -1.24. The van der Waals surface area contributed by atoms with E-state index in [0.717, 1.165) is 22.6 Å². The summed E-state index contributed by atoms with van der Waals surface area (Å²) >= 11 is 3.08. The van der Waals surface area contributed by atoms with E-state index >= 15 is 0 Å². The minimum Gasteiger partial charge on any atom is -0.499 e. The molecule has 82 valence electrons. The minimum atomic E-state index is 0.363. The molecule has 0 aromatic carbocycles. The van der Waals surface area contributed by atoms with Crippen LogP contribution in [0.5, 0.6) is 5.06 Å². The van der Waals surface area contributed by atoms with Gasteiger partial charge in [-0.15, -0.1) is 11.3 Å². The molecule has 3 heteroatoms. The van der Waals surface area contributed by atoms with Crippen molar-refractivity contribution in [3.8, 4) is 26.7 Å². The highest BCUT2D eigenvalue weighted by Gasteiger charge is 2.04. The number of thiophene rings is 2. The highest BCUT2D eigenvalue weighted by Crippen LogP contribution is 2.35. The first-order chi connectivity index (χ1) is 7.79. The van der Waals surface area contributed by atoms with Crippen molar-refractivity contribution in [2.75, 3.05) is 0 Å². The topological polar surface area (TPSA) is 20.2 Å². The molecule has 0 aliphatic carbocycles. The van der Waals surface area contributed by atoms with Gasteiger partial charge in [-0.05, 0) is 30.7 Å². The van der Waals surface area contributed by atoms with Crippen LogP contribution in [0.1, 0.15) is 24.6 Å². The molecule has 2 heterocycles. The van der Waals surface area contributed by atoms with E-state index in [0.29, 0.717) is 5.06 Å². The van der Waals surface area contributed by atoms with Crippen molar-refractivity contribution >= 4 is 22.7 Å². The molecule has 2 aromatic heterocycles. The SMILES string of the molecule is CCCC#Cc1ccc(-c2ccc(O)s2)s1. The summed E-state index contributed by atoms with van der Waals surface area (Å²) in [4.78, 5) is 3.37. The number of aromatic hydroxyl groups is 1. The second-order valence-electron chi connectivity index (χ2n) is 3.35. The Morgan fingerprint density at radius 1 is 1.12 bits per heavy atom. The lowest BCUT2D eigenvalue weighted by atomic mass is 10.3. The van der Waals surface area contributed by atoms with E-state index < -0.39 is 0 Å². The summed E-state index contributed by atoms with van der Waals surface area (Å²) in [5, 5.41) is 9.65. The van der Waals surface area contributed by atoms with E-state index in [1.165, 1.54) is 16.2 Å². The van der Waals surface area contributed by atoms with Crippen molar-refractivity contribution in [3.63, 3.8) is 0 Å². The fraction of sp³-hybridized carbons (Fsp3) is 0.231. The predicted octanol–water partition coefficient (Wildman–Crippen LogP) is 4.33. The van der Waals surface area contributed by atoms with Crippen LogP contribution in [0, 0.1) is 11.8 Å². The van der Waals surface area contributed by atoms with Gasteiger partial charge in [-0.2, -0.15) is 0 Å². The van der Waals surface area contributed by atoms with Gasteiger partial charge in [0.25, 0.3) is 0 Å². The van der Waals surface area contributed by atoms with Crippen molar-refractivity contribution in [3.05, 3.63) is 29.1 Å². The zero-order chi connectivity index (χ0) is 11.4. The highest BCUT2D eigenvalue weighted by molar-refractivity contribution is 7.23. The maximum absolute atomic E-state index is 9.29. The van der Waals surface area contributed by atoms with Crippen molar-refractivity contribution in [2.24, 2.45) is 0 Å². The van der Waals surface area contributed by atoms with Crippen LogP contribution >= 0.6 is 22.7 Å². The standard InChI is InChI=1S/C13H12OS2/c1-2-3-4-5-10-6-7-11(15-10)12-8-9-13(14)16-12/h6-9,14H,2-3H2,1H3. The molecule has 1 N–H and O–H groups in total. The van der Waals surface area contributed by atoms with Crippen LogP contribution in [-0.2, 0) is 0 Å². The van der Waals surface area contributed by atoms with Crippen LogP contribution in [0.2, 0.25) is 0 Å². The third-order valence-corrected chi connectivity index (χ3v) is 4.11. The lowest BCUT2D eigenvalue weighted by Crippen LogP contribution is -1.62. The van der Waals surface area contributed by atoms with Crippen molar-refractivity contribution in [1.29, 1.82) is 0 Å². The Bertz CT molecular complexity index is 525. The van der Waals surface area contributed by atoms with Gasteiger partial charge in [0.15, 0.2) is 5.06 Å². The molecule has 1 nitrogen and oxygen atoms in total. The monoisotopic (exact) mass is 248 g/mol. The summed E-state index contributed by atoms with van der Waals surface area (Å²) < 4.78 is 0. The molecule has 0 saturated heterocycles. The Balaban J connectivity index is 2.17. The number of unbranched alkanes of at least 4 members (excludes halogenated alkanes) is 1. The quantitative estimate of drug-likeness (QED) is 0.784.